The van der Waals surface area contributed by atoms with E-state index in [-0.39, 0.29) is 5.91 Å². The summed E-state index contributed by atoms with van der Waals surface area (Å²) in [5.41, 5.74) is 4.84. The van der Waals surface area contributed by atoms with Gasteiger partial charge in [-0.15, -0.1) is 0 Å². The molecule has 0 spiro atoms. The van der Waals surface area contributed by atoms with E-state index in [1.165, 1.54) is 12.8 Å². The van der Waals surface area contributed by atoms with Crippen LogP contribution in [0, 0.1) is 5.92 Å². The molecule has 0 radical (unpaired) electrons. The van der Waals surface area contributed by atoms with Crippen molar-refractivity contribution in [2.75, 3.05) is 20.1 Å². The van der Waals surface area contributed by atoms with Gasteiger partial charge in [0.1, 0.15) is 5.54 Å². The van der Waals surface area contributed by atoms with Crippen LogP contribution in [0.25, 0.3) is 0 Å². The number of nitrogens with one attached hydrogen (secondary N) is 1. The van der Waals surface area contributed by atoms with Gasteiger partial charge in [0.15, 0.2) is 0 Å². The Morgan fingerprint density at radius 2 is 2.25 bits per heavy atom. The third-order valence-electron chi connectivity index (χ3n) is 3.80. The van der Waals surface area contributed by atoms with E-state index in [0.29, 0.717) is 18.5 Å². The Labute approximate surface area is 98.6 Å². The van der Waals surface area contributed by atoms with Gasteiger partial charge in [0.2, 0.25) is 5.91 Å². The third kappa shape index (κ3) is 2.74. The fourth-order valence-corrected chi connectivity index (χ4v) is 2.49. The second-order valence-electron chi connectivity index (χ2n) is 5.37. The number of nitrogens with zero attached hydrogens (tertiary/aromatic N) is 1. The number of hydrogen-bond acceptors (Lipinski definition) is 3. The van der Waals surface area contributed by atoms with Crippen molar-refractivity contribution in [1.82, 2.24) is 10.2 Å². The maximum atomic E-state index is 11.4. The van der Waals surface area contributed by atoms with E-state index in [1.54, 1.807) is 7.05 Å². The highest BCUT2D eigenvalue weighted by atomic mass is 16.1. The molecule has 1 heterocycles. The average molecular weight is 227 g/mol. The van der Waals surface area contributed by atoms with Crippen LogP contribution in [-0.4, -0.2) is 42.5 Å². The van der Waals surface area contributed by atoms with Gasteiger partial charge in [0.05, 0.1) is 0 Å². The molecule has 94 valence electrons. The Balaban J connectivity index is 2.68. The number of likely N-dealkylation sites (N-methyl/N-ethyl adjacent to an activating group) is 1. The zero-order valence-electron chi connectivity index (χ0n) is 10.9. The average Bonchev–Trinajstić information content (AvgIpc) is 2.65. The Hall–Kier alpha value is -0.610. The van der Waals surface area contributed by atoms with Crippen LogP contribution in [0.15, 0.2) is 0 Å². The van der Waals surface area contributed by atoms with Crippen molar-refractivity contribution in [2.45, 2.75) is 45.2 Å². The molecule has 4 heteroatoms. The summed E-state index contributed by atoms with van der Waals surface area (Å²) in [6.07, 6.45) is 2.46. The maximum Gasteiger partial charge on any atom is 0.238 e. The van der Waals surface area contributed by atoms with Crippen LogP contribution in [0.2, 0.25) is 0 Å². The Morgan fingerprint density at radius 1 is 1.62 bits per heavy atom. The summed E-state index contributed by atoms with van der Waals surface area (Å²) in [5, 5.41) is 3.05. The summed E-state index contributed by atoms with van der Waals surface area (Å²) in [7, 11) is 1.80. The first-order valence-electron chi connectivity index (χ1n) is 6.13. The first-order chi connectivity index (χ1) is 7.40. The van der Waals surface area contributed by atoms with Gasteiger partial charge >= 0.3 is 0 Å². The van der Waals surface area contributed by atoms with Crippen LogP contribution in [0.5, 0.6) is 0 Å². The van der Waals surface area contributed by atoms with E-state index < -0.39 is 5.54 Å². The molecule has 0 bridgehead atoms. The molecular formula is C12H25N3O. The van der Waals surface area contributed by atoms with E-state index in [4.69, 9.17) is 5.73 Å². The molecule has 0 aliphatic carbocycles. The lowest BCUT2D eigenvalue weighted by atomic mass is 9.97. The third-order valence-corrected chi connectivity index (χ3v) is 3.80. The molecule has 0 aromatic carbocycles. The van der Waals surface area contributed by atoms with Crippen molar-refractivity contribution in [3.05, 3.63) is 0 Å². The summed E-state index contributed by atoms with van der Waals surface area (Å²) in [4.78, 5) is 13.8. The number of hydrogen-bond donors (Lipinski definition) is 2. The molecule has 0 saturated carbocycles. The zero-order valence-corrected chi connectivity index (χ0v) is 10.9. The van der Waals surface area contributed by atoms with Crippen LogP contribution in [0.4, 0.5) is 0 Å². The molecule has 0 aromatic rings. The molecule has 0 aromatic heterocycles. The Kier molecular flexibility index (Phi) is 4.33. The molecular weight excluding hydrogens is 202 g/mol. The van der Waals surface area contributed by atoms with Gasteiger partial charge in [-0.25, -0.2) is 0 Å². The monoisotopic (exact) mass is 227 g/mol. The minimum atomic E-state index is -0.614. The van der Waals surface area contributed by atoms with Crippen molar-refractivity contribution in [1.29, 1.82) is 0 Å². The summed E-state index contributed by atoms with van der Waals surface area (Å²) in [5.74, 6) is 0.362. The minimum absolute atomic E-state index is 0.274. The lowest BCUT2D eigenvalue weighted by Gasteiger charge is -2.35. The van der Waals surface area contributed by atoms with E-state index in [2.05, 4.69) is 24.1 Å². The van der Waals surface area contributed by atoms with Gasteiger partial charge < -0.3 is 11.1 Å². The topological polar surface area (TPSA) is 58.4 Å². The predicted octanol–water partition coefficient (Wildman–Crippen LogP) is 0.570. The fraction of sp³-hybridized carbons (Fsp3) is 0.917. The number of rotatable bonds is 5. The summed E-state index contributed by atoms with van der Waals surface area (Å²) < 4.78 is 0. The van der Waals surface area contributed by atoms with E-state index in [0.717, 1.165) is 6.54 Å². The predicted molar refractivity (Wildman–Crippen MR) is 66.1 cm³/mol. The SMILES string of the molecule is CNC(C)(CN1CCCC1C(C)C)C(N)=O. The quantitative estimate of drug-likeness (QED) is 0.722. The number of primary amides is 1. The second-order valence-corrected chi connectivity index (χ2v) is 5.37. The van der Waals surface area contributed by atoms with Gasteiger partial charge in [-0.1, -0.05) is 13.8 Å². The fourth-order valence-electron chi connectivity index (χ4n) is 2.49. The first-order valence-corrected chi connectivity index (χ1v) is 6.13. The minimum Gasteiger partial charge on any atom is -0.368 e. The van der Waals surface area contributed by atoms with Crippen LogP contribution in [0.3, 0.4) is 0 Å². The molecule has 1 amide bonds. The van der Waals surface area contributed by atoms with Crippen molar-refractivity contribution < 1.29 is 4.79 Å². The summed E-state index contributed by atoms with van der Waals surface area (Å²) in [6.45, 7) is 8.15. The van der Waals surface area contributed by atoms with E-state index in [9.17, 15) is 4.79 Å². The van der Waals surface area contributed by atoms with Crippen LogP contribution in [0.1, 0.15) is 33.6 Å². The lowest BCUT2D eigenvalue weighted by molar-refractivity contribution is -0.124. The second kappa shape index (κ2) is 5.15. The number of carbonyl (C=O) groups excluding carboxylic acids is 1. The van der Waals surface area contributed by atoms with Gasteiger partial charge in [0.25, 0.3) is 0 Å². The first kappa shape index (κ1) is 13.5. The summed E-state index contributed by atoms with van der Waals surface area (Å²) in [6, 6.07) is 0.590. The number of carbonyl (C=O) groups is 1. The maximum absolute atomic E-state index is 11.4. The van der Waals surface area contributed by atoms with Crippen molar-refractivity contribution in [3.8, 4) is 0 Å². The molecule has 1 saturated heterocycles. The zero-order chi connectivity index (χ0) is 12.3. The smallest absolute Gasteiger partial charge is 0.238 e. The normalized spacial score (nSPS) is 25.9. The number of likely N-dealkylation sites (tertiary alicyclic amines) is 1. The Morgan fingerprint density at radius 3 is 2.69 bits per heavy atom. The summed E-state index contributed by atoms with van der Waals surface area (Å²) >= 11 is 0. The Bertz CT molecular complexity index is 255. The van der Waals surface area contributed by atoms with Crippen LogP contribution >= 0.6 is 0 Å². The van der Waals surface area contributed by atoms with Gasteiger partial charge in [-0.2, -0.15) is 0 Å². The molecule has 1 aliphatic heterocycles. The van der Waals surface area contributed by atoms with Gasteiger partial charge in [0, 0.05) is 12.6 Å². The van der Waals surface area contributed by atoms with Crippen molar-refractivity contribution in [2.24, 2.45) is 11.7 Å². The highest BCUT2D eigenvalue weighted by molar-refractivity contribution is 5.84. The van der Waals surface area contributed by atoms with E-state index in [1.807, 2.05) is 6.92 Å². The van der Waals surface area contributed by atoms with Crippen molar-refractivity contribution >= 4 is 5.91 Å². The highest BCUT2D eigenvalue weighted by Gasteiger charge is 2.36. The van der Waals surface area contributed by atoms with Crippen LogP contribution in [-0.2, 0) is 4.79 Å². The lowest BCUT2D eigenvalue weighted by Crippen LogP contribution is -2.59. The highest BCUT2D eigenvalue weighted by Crippen LogP contribution is 2.25. The number of nitrogens with two attached hydrogens (primary N) is 1. The van der Waals surface area contributed by atoms with Crippen molar-refractivity contribution in [3.63, 3.8) is 0 Å². The molecule has 1 aliphatic rings. The molecule has 4 nitrogen and oxygen atoms in total. The number of amides is 1. The standard InChI is InChI=1S/C12H25N3O/c1-9(2)10-6-5-7-15(10)8-12(3,14-4)11(13)16/h9-10,14H,5-8H2,1-4H3,(H2,13,16). The molecule has 16 heavy (non-hydrogen) atoms. The molecule has 3 N–H and O–H groups in total. The molecule has 1 fully saturated rings. The molecule has 2 atom stereocenters. The molecule has 2 unspecified atom stereocenters. The van der Waals surface area contributed by atoms with Crippen LogP contribution < -0.4 is 11.1 Å². The van der Waals surface area contributed by atoms with E-state index >= 15 is 0 Å². The van der Waals surface area contributed by atoms with Gasteiger partial charge in [-0.05, 0) is 39.3 Å². The van der Waals surface area contributed by atoms with Gasteiger partial charge in [-0.3, -0.25) is 9.69 Å². The largest absolute Gasteiger partial charge is 0.368 e. The molecule has 1 rings (SSSR count).